The molecule has 9 heteroatoms. The minimum Gasteiger partial charge on any atom is -0.444 e. The fourth-order valence-corrected chi connectivity index (χ4v) is 2.42. The van der Waals surface area contributed by atoms with Crippen molar-refractivity contribution in [1.29, 1.82) is 0 Å². The number of anilines is 1. The van der Waals surface area contributed by atoms with Crippen molar-refractivity contribution in [2.45, 2.75) is 44.8 Å². The molecule has 2 heterocycles. The third-order valence-electron chi connectivity index (χ3n) is 3.30. The molecule has 2 N–H and O–H groups in total. The van der Waals surface area contributed by atoms with Gasteiger partial charge in [-0.3, -0.25) is 0 Å². The Morgan fingerprint density at radius 1 is 1.55 bits per heavy atom. The van der Waals surface area contributed by atoms with Gasteiger partial charge in [-0.1, -0.05) is 11.6 Å². The summed E-state index contributed by atoms with van der Waals surface area (Å²) in [6, 6.07) is -1.38. The molecule has 1 aromatic rings. The third kappa shape index (κ3) is 3.43. The first kappa shape index (κ1) is 16.8. The molecular formula is C13H19ClF2N4O2. The van der Waals surface area contributed by atoms with Crippen LogP contribution in [0.15, 0.2) is 6.20 Å². The standard InChI is InChI=1S/C13H19ClF2N4O2/c1-12(2,3)22-11(21)19-5-4-13(15,16)9(7-19)20-10(14)8(17)6-18-20/h6,9H,4-5,7,17H2,1-3H3. The lowest BCUT2D eigenvalue weighted by molar-refractivity contribution is -0.101. The Hall–Kier alpha value is -1.57. The molecule has 1 aliphatic heterocycles. The second kappa shape index (κ2) is 5.57. The number of nitrogens with two attached hydrogens (primary N) is 1. The minimum atomic E-state index is -3.04. The van der Waals surface area contributed by atoms with E-state index in [0.717, 1.165) is 4.68 Å². The van der Waals surface area contributed by atoms with Crippen molar-refractivity contribution < 1.29 is 18.3 Å². The molecule has 0 aromatic carbocycles. The van der Waals surface area contributed by atoms with Crippen LogP contribution in [-0.2, 0) is 4.74 Å². The van der Waals surface area contributed by atoms with Crippen molar-refractivity contribution in [1.82, 2.24) is 14.7 Å². The van der Waals surface area contributed by atoms with Crippen molar-refractivity contribution in [3.63, 3.8) is 0 Å². The highest BCUT2D eigenvalue weighted by Crippen LogP contribution is 2.39. The number of likely N-dealkylation sites (tertiary alicyclic amines) is 1. The molecular weight excluding hydrogens is 318 g/mol. The van der Waals surface area contributed by atoms with E-state index < -0.39 is 30.1 Å². The van der Waals surface area contributed by atoms with Crippen molar-refractivity contribution in [2.75, 3.05) is 18.8 Å². The number of alkyl halides is 2. The Morgan fingerprint density at radius 3 is 2.68 bits per heavy atom. The average Bonchev–Trinajstić information content (AvgIpc) is 2.68. The number of rotatable bonds is 1. The smallest absolute Gasteiger partial charge is 0.410 e. The molecule has 6 nitrogen and oxygen atoms in total. The molecule has 0 radical (unpaired) electrons. The van der Waals surface area contributed by atoms with Crippen LogP contribution in [0.3, 0.4) is 0 Å². The van der Waals surface area contributed by atoms with Gasteiger partial charge < -0.3 is 15.4 Å². The van der Waals surface area contributed by atoms with E-state index >= 15 is 0 Å². The molecule has 124 valence electrons. The van der Waals surface area contributed by atoms with Gasteiger partial charge in [0, 0.05) is 13.0 Å². The molecule has 1 unspecified atom stereocenters. The molecule has 1 fully saturated rings. The SMILES string of the molecule is CC(C)(C)OC(=O)N1CCC(F)(F)C(n2ncc(N)c2Cl)C1. The Labute approximate surface area is 132 Å². The van der Waals surface area contributed by atoms with Gasteiger partial charge in [0.25, 0.3) is 5.92 Å². The van der Waals surface area contributed by atoms with Crippen molar-refractivity contribution in [3.8, 4) is 0 Å². The number of hydrogen-bond acceptors (Lipinski definition) is 4. The Kier molecular flexibility index (Phi) is 4.25. The molecule has 0 saturated carbocycles. The second-order valence-corrected chi connectivity index (χ2v) is 6.65. The summed E-state index contributed by atoms with van der Waals surface area (Å²) in [5.41, 5.74) is 4.97. The van der Waals surface area contributed by atoms with E-state index in [-0.39, 0.29) is 23.9 Å². The maximum atomic E-state index is 14.2. The normalized spacial score (nSPS) is 21.7. The van der Waals surface area contributed by atoms with Gasteiger partial charge in [0.05, 0.1) is 18.4 Å². The van der Waals surface area contributed by atoms with Crippen LogP contribution in [0, 0.1) is 0 Å². The van der Waals surface area contributed by atoms with Crippen LogP contribution >= 0.6 is 11.6 Å². The fourth-order valence-electron chi connectivity index (χ4n) is 2.21. The van der Waals surface area contributed by atoms with Gasteiger partial charge in [0.15, 0.2) is 5.15 Å². The first-order valence-electron chi connectivity index (χ1n) is 6.85. The molecule has 0 bridgehead atoms. The topological polar surface area (TPSA) is 73.4 Å². The monoisotopic (exact) mass is 336 g/mol. The molecule has 1 aromatic heterocycles. The largest absolute Gasteiger partial charge is 0.444 e. The maximum Gasteiger partial charge on any atom is 0.410 e. The van der Waals surface area contributed by atoms with Crippen LogP contribution in [-0.4, -0.2) is 45.4 Å². The molecule has 0 spiro atoms. The number of nitrogens with zero attached hydrogens (tertiary/aromatic N) is 3. The Morgan fingerprint density at radius 2 is 2.18 bits per heavy atom. The van der Waals surface area contributed by atoms with E-state index in [0.29, 0.717) is 0 Å². The lowest BCUT2D eigenvalue weighted by atomic mass is 10.0. The summed E-state index contributed by atoms with van der Waals surface area (Å²) in [5.74, 6) is -3.04. The van der Waals surface area contributed by atoms with E-state index in [1.807, 2.05) is 0 Å². The average molecular weight is 337 g/mol. The number of ether oxygens (including phenoxy) is 1. The van der Waals surface area contributed by atoms with Crippen molar-refractivity contribution >= 4 is 23.4 Å². The van der Waals surface area contributed by atoms with Crippen LogP contribution in [0.2, 0.25) is 5.15 Å². The van der Waals surface area contributed by atoms with Crippen molar-refractivity contribution in [2.24, 2.45) is 0 Å². The van der Waals surface area contributed by atoms with Gasteiger partial charge in [-0.25, -0.2) is 18.3 Å². The van der Waals surface area contributed by atoms with Crippen LogP contribution in [0.25, 0.3) is 0 Å². The summed E-state index contributed by atoms with van der Waals surface area (Å²) in [4.78, 5) is 13.3. The molecule has 22 heavy (non-hydrogen) atoms. The third-order valence-corrected chi connectivity index (χ3v) is 3.69. The highest BCUT2D eigenvalue weighted by atomic mass is 35.5. The maximum absolute atomic E-state index is 14.2. The van der Waals surface area contributed by atoms with Gasteiger partial charge in [0.2, 0.25) is 0 Å². The highest BCUT2D eigenvalue weighted by Gasteiger charge is 2.48. The first-order valence-corrected chi connectivity index (χ1v) is 7.23. The molecule has 1 amide bonds. The highest BCUT2D eigenvalue weighted by molar-refractivity contribution is 6.32. The zero-order valence-corrected chi connectivity index (χ0v) is 13.4. The van der Waals surface area contributed by atoms with Gasteiger partial charge in [-0.2, -0.15) is 5.10 Å². The first-order chi connectivity index (χ1) is 10.0. The van der Waals surface area contributed by atoms with E-state index in [2.05, 4.69) is 5.10 Å². The lowest BCUT2D eigenvalue weighted by Gasteiger charge is -2.38. The fraction of sp³-hybridized carbons (Fsp3) is 0.692. The van der Waals surface area contributed by atoms with Crippen LogP contribution in [0.1, 0.15) is 33.2 Å². The lowest BCUT2D eigenvalue weighted by Crippen LogP contribution is -2.51. The van der Waals surface area contributed by atoms with Crippen LogP contribution < -0.4 is 5.73 Å². The van der Waals surface area contributed by atoms with Gasteiger partial charge in [-0.15, -0.1) is 0 Å². The molecule has 1 saturated heterocycles. The zero-order chi connectivity index (χ0) is 16.7. The number of piperidine rings is 1. The van der Waals surface area contributed by atoms with E-state index in [9.17, 15) is 13.6 Å². The number of halogens is 3. The molecule has 1 atom stereocenters. The van der Waals surface area contributed by atoms with Gasteiger partial charge in [0.1, 0.15) is 11.6 Å². The summed E-state index contributed by atoms with van der Waals surface area (Å²) in [6.45, 7) is 4.81. The van der Waals surface area contributed by atoms with E-state index in [1.165, 1.54) is 11.1 Å². The quantitative estimate of drug-likeness (QED) is 0.855. The van der Waals surface area contributed by atoms with Crippen LogP contribution in [0.4, 0.5) is 19.3 Å². The number of carbonyl (C=O) groups is 1. The molecule has 0 aliphatic carbocycles. The van der Waals surface area contributed by atoms with E-state index in [4.69, 9.17) is 22.1 Å². The number of nitrogen functional groups attached to an aromatic ring is 1. The van der Waals surface area contributed by atoms with Crippen LogP contribution in [0.5, 0.6) is 0 Å². The summed E-state index contributed by atoms with van der Waals surface area (Å²) < 4.78 is 34.5. The summed E-state index contributed by atoms with van der Waals surface area (Å²) in [5, 5.41) is 3.74. The zero-order valence-electron chi connectivity index (χ0n) is 12.6. The van der Waals surface area contributed by atoms with Gasteiger partial charge in [-0.05, 0) is 20.8 Å². The Balaban J connectivity index is 2.21. The predicted molar refractivity (Wildman–Crippen MR) is 78.1 cm³/mol. The summed E-state index contributed by atoms with van der Waals surface area (Å²) in [6.07, 6.45) is 0.0851. The summed E-state index contributed by atoms with van der Waals surface area (Å²) in [7, 11) is 0. The van der Waals surface area contributed by atoms with Gasteiger partial charge >= 0.3 is 6.09 Å². The number of amides is 1. The number of aromatic nitrogens is 2. The number of hydrogen-bond donors (Lipinski definition) is 1. The van der Waals surface area contributed by atoms with E-state index in [1.54, 1.807) is 20.8 Å². The summed E-state index contributed by atoms with van der Waals surface area (Å²) >= 11 is 5.91. The predicted octanol–water partition coefficient (Wildman–Crippen LogP) is 2.94. The second-order valence-electron chi connectivity index (χ2n) is 6.29. The molecule has 2 rings (SSSR count). The van der Waals surface area contributed by atoms with Crippen molar-refractivity contribution in [3.05, 3.63) is 11.3 Å². The Bertz CT molecular complexity index is 571. The molecule has 1 aliphatic rings. The number of carbonyl (C=O) groups excluding carboxylic acids is 1. The minimum absolute atomic E-state index is 0.0595.